The lowest BCUT2D eigenvalue weighted by Gasteiger charge is -2.28. The predicted octanol–water partition coefficient (Wildman–Crippen LogP) is 4.75. The normalized spacial score (nSPS) is 19.8. The fourth-order valence-corrected chi connectivity index (χ4v) is 10.3. The number of allylic oxidation sites excluding steroid dienone is 7. The van der Waals surface area contributed by atoms with E-state index >= 15 is 0 Å². The van der Waals surface area contributed by atoms with Gasteiger partial charge in [0, 0.05) is 53.2 Å². The third kappa shape index (κ3) is 11.6. The van der Waals surface area contributed by atoms with E-state index in [0.717, 1.165) is 22.5 Å². The smallest absolute Gasteiger partial charge is 0.295 e. The quantitative estimate of drug-likeness (QED) is 0.0585. The van der Waals surface area contributed by atoms with Crippen LogP contribution in [0.1, 0.15) is 76.5 Å². The van der Waals surface area contributed by atoms with E-state index in [0.29, 0.717) is 53.1 Å². The lowest BCUT2D eigenvalue weighted by Crippen LogP contribution is -2.38. The van der Waals surface area contributed by atoms with Crippen LogP contribution < -0.4 is 10.2 Å². The topological polar surface area (TPSA) is 262 Å². The Morgan fingerprint density at radius 1 is 0.820 bits per heavy atom. The second-order valence-corrected chi connectivity index (χ2v) is 22.4. The summed E-state index contributed by atoms with van der Waals surface area (Å²) in [5, 5.41) is 3.01. The number of anilines is 1. The van der Waals surface area contributed by atoms with Crippen molar-refractivity contribution in [2.75, 3.05) is 35.2 Å². The molecule has 1 aliphatic carbocycles. The summed E-state index contributed by atoms with van der Waals surface area (Å²) in [6.07, 6.45) is 7.34. The molecule has 0 amide bonds. The first-order valence-electron chi connectivity index (χ1n) is 19.3. The Hall–Kier alpha value is -4.22. The number of nitrogens with zero attached hydrogens (tertiary/aromatic N) is 2. The van der Waals surface area contributed by atoms with Crippen molar-refractivity contribution in [1.82, 2.24) is 5.32 Å². The number of ether oxygens (including phenoxy) is 1. The van der Waals surface area contributed by atoms with Gasteiger partial charge in [-0.2, -0.15) is 38.2 Å². The van der Waals surface area contributed by atoms with Gasteiger partial charge in [0.05, 0.1) is 21.8 Å². The van der Waals surface area contributed by atoms with Crippen molar-refractivity contribution in [2.45, 2.75) is 88.7 Å². The Labute approximate surface area is 357 Å². The molecular weight excluding hydrogens is 875 g/mol. The molecule has 5 N–H and O–H groups in total. The highest BCUT2D eigenvalue weighted by Crippen LogP contribution is 2.48. The molecule has 0 saturated carbocycles. The summed E-state index contributed by atoms with van der Waals surface area (Å²) in [6, 6.07) is 10.0. The average Bonchev–Trinajstić information content (AvgIpc) is 3.45. The Bertz CT molecular complexity index is 2700. The molecule has 2 aromatic carbocycles. The molecule has 5 rings (SSSR count). The number of aryl methyl sites for hydroxylation is 1. The van der Waals surface area contributed by atoms with Crippen molar-refractivity contribution in [3.8, 4) is 0 Å². The molecule has 334 valence electrons. The van der Waals surface area contributed by atoms with Crippen LogP contribution in [0.4, 0.5) is 11.4 Å². The SMILES string of the molecule is Cc1ccc2c(c1)C(C)(C)/C(=C/C=C1\CCCC(/C=C/C3=[N+](CCCS(=O)(=O)O)c4ccc(S(=O)(=O)O)cc4C3(C)C)=C1NC(CS(=O)(=O)O)OC=O)N2CCCS(=O)(=O)O. The summed E-state index contributed by atoms with van der Waals surface area (Å²) in [7, 11) is -17.8. The Balaban J connectivity index is 1.67. The van der Waals surface area contributed by atoms with E-state index in [1.807, 2.05) is 63.8 Å². The predicted molar refractivity (Wildman–Crippen MR) is 229 cm³/mol. The summed E-state index contributed by atoms with van der Waals surface area (Å²) < 4.78 is 140. The number of nitrogens with one attached hydrogen (secondary N) is 1. The summed E-state index contributed by atoms with van der Waals surface area (Å²) in [5.41, 5.74) is 5.51. The second-order valence-electron chi connectivity index (χ2n) is 16.3. The number of carbonyl (C=O) groups excluding carboxylic acids is 1. The monoisotopic (exact) mass is 926 g/mol. The van der Waals surface area contributed by atoms with Gasteiger partial charge in [-0.25, -0.2) is 0 Å². The van der Waals surface area contributed by atoms with Gasteiger partial charge in [0.1, 0.15) is 12.3 Å². The maximum absolute atomic E-state index is 12.1. The van der Waals surface area contributed by atoms with Crippen LogP contribution in [0, 0.1) is 6.92 Å². The van der Waals surface area contributed by atoms with Crippen LogP contribution in [0.5, 0.6) is 0 Å². The molecule has 61 heavy (non-hydrogen) atoms. The average molecular weight is 927 g/mol. The molecule has 2 aromatic rings. The highest BCUT2D eigenvalue weighted by Gasteiger charge is 2.45. The first-order valence-corrected chi connectivity index (χ1v) is 25.6. The van der Waals surface area contributed by atoms with E-state index in [9.17, 15) is 56.7 Å². The fraction of sp³-hybridized carbons (Fsp3) is 0.450. The third-order valence-electron chi connectivity index (χ3n) is 11.1. The van der Waals surface area contributed by atoms with Crippen LogP contribution in [0.3, 0.4) is 0 Å². The number of carbonyl (C=O) groups is 1. The van der Waals surface area contributed by atoms with E-state index in [1.54, 1.807) is 16.7 Å². The molecule has 3 aliphatic rings. The molecule has 0 aromatic heterocycles. The van der Waals surface area contributed by atoms with Crippen molar-refractivity contribution in [3.63, 3.8) is 0 Å². The molecule has 2 heterocycles. The van der Waals surface area contributed by atoms with E-state index < -0.39 is 74.8 Å². The first kappa shape index (κ1) is 47.8. The van der Waals surface area contributed by atoms with Crippen LogP contribution in [0.2, 0.25) is 0 Å². The van der Waals surface area contributed by atoms with Crippen LogP contribution in [-0.2, 0) is 60.8 Å². The third-order valence-corrected chi connectivity index (χ3v) is 14.3. The van der Waals surface area contributed by atoms with Crippen molar-refractivity contribution < 1.29 is 66.0 Å². The molecule has 0 saturated heterocycles. The van der Waals surface area contributed by atoms with E-state index in [4.69, 9.17) is 4.74 Å². The first-order chi connectivity index (χ1) is 28.1. The lowest BCUT2D eigenvalue weighted by atomic mass is 9.81. The van der Waals surface area contributed by atoms with Gasteiger partial charge in [0.25, 0.3) is 46.9 Å². The van der Waals surface area contributed by atoms with E-state index in [1.165, 1.54) is 18.2 Å². The van der Waals surface area contributed by atoms with E-state index in [2.05, 4.69) is 11.4 Å². The molecule has 1 unspecified atom stereocenters. The number of rotatable bonds is 18. The molecule has 1 atom stereocenters. The number of hydrogen-bond donors (Lipinski definition) is 5. The maximum Gasteiger partial charge on any atom is 0.295 e. The van der Waals surface area contributed by atoms with Crippen LogP contribution >= 0.6 is 0 Å². The van der Waals surface area contributed by atoms with Gasteiger partial charge in [0.2, 0.25) is 5.69 Å². The number of benzene rings is 2. The van der Waals surface area contributed by atoms with Gasteiger partial charge < -0.3 is 15.0 Å². The van der Waals surface area contributed by atoms with Gasteiger partial charge in [-0.3, -0.25) is 23.0 Å². The standard InChI is InChI=1S/C40H51N3O14S4/c1-27-11-15-33-31(23-27)39(2,3)35(42(33)19-7-21-58(45,46)47)17-12-28-9-6-10-29(38(28)41-37(57-26-44)25-60(51,52)53)13-18-36-40(4,5)32-24-30(61(54,55)56)14-16-34(32)43(36)20-8-22-59(48,49)50/h11-18,23-24,26,37H,6-10,19-22,25H2,1-5H3,(H4,45,46,47,48,49,50,51,52,53,54,55,56)/p+1/b28-12+,35-17-. The van der Waals surface area contributed by atoms with Crippen LogP contribution in [-0.4, -0.2) is 105 Å². The number of fused-ring (bicyclic) bond motifs is 2. The Kier molecular flexibility index (Phi) is 14.0. The molecule has 0 bridgehead atoms. The van der Waals surface area contributed by atoms with Crippen LogP contribution in [0.25, 0.3) is 0 Å². The molecule has 21 heteroatoms. The minimum absolute atomic E-state index is 0.00420. The largest absolute Gasteiger partial charge is 0.443 e. The second kappa shape index (κ2) is 17.9. The summed E-state index contributed by atoms with van der Waals surface area (Å²) in [4.78, 5) is 13.2. The van der Waals surface area contributed by atoms with Crippen LogP contribution in [0.15, 0.2) is 88.1 Å². The molecular formula is C40H52N3O14S4+. The lowest BCUT2D eigenvalue weighted by molar-refractivity contribution is -0.437. The Morgan fingerprint density at radius 3 is 2.11 bits per heavy atom. The van der Waals surface area contributed by atoms with Crippen molar-refractivity contribution in [1.29, 1.82) is 0 Å². The summed E-state index contributed by atoms with van der Waals surface area (Å²) in [6.45, 7) is 10.1. The Morgan fingerprint density at radius 2 is 1.49 bits per heavy atom. The molecule has 0 radical (unpaired) electrons. The van der Waals surface area contributed by atoms with Crippen molar-refractivity contribution in [3.05, 3.63) is 99.9 Å². The minimum Gasteiger partial charge on any atom is -0.443 e. The van der Waals surface area contributed by atoms with Gasteiger partial charge in [-0.15, -0.1) is 0 Å². The van der Waals surface area contributed by atoms with Crippen molar-refractivity contribution >= 4 is 64.0 Å². The molecule has 17 nitrogen and oxygen atoms in total. The zero-order valence-electron chi connectivity index (χ0n) is 34.4. The minimum atomic E-state index is -4.66. The zero-order valence-corrected chi connectivity index (χ0v) is 37.7. The highest BCUT2D eigenvalue weighted by atomic mass is 32.2. The van der Waals surface area contributed by atoms with Gasteiger partial charge >= 0.3 is 0 Å². The summed E-state index contributed by atoms with van der Waals surface area (Å²) in [5.74, 6) is -1.98. The molecule has 0 fully saturated rings. The van der Waals surface area contributed by atoms with Crippen molar-refractivity contribution in [2.24, 2.45) is 0 Å². The fourth-order valence-electron chi connectivity index (χ4n) is 8.23. The van der Waals surface area contributed by atoms with Gasteiger partial charge in [0.15, 0.2) is 11.9 Å². The highest BCUT2D eigenvalue weighted by molar-refractivity contribution is 7.86. The molecule has 2 aliphatic heterocycles. The number of hydrogen-bond acceptors (Lipinski definition) is 12. The molecule has 0 spiro atoms. The summed E-state index contributed by atoms with van der Waals surface area (Å²) >= 11 is 0. The zero-order chi connectivity index (χ0) is 45.3. The van der Waals surface area contributed by atoms with Gasteiger partial charge in [-0.1, -0.05) is 43.7 Å². The van der Waals surface area contributed by atoms with E-state index in [-0.39, 0.29) is 37.3 Å². The van der Waals surface area contributed by atoms with Gasteiger partial charge in [-0.05, 0) is 87.4 Å². The maximum atomic E-state index is 12.1.